The van der Waals surface area contributed by atoms with Crippen molar-refractivity contribution in [1.29, 1.82) is 0 Å². The van der Waals surface area contributed by atoms with E-state index in [0.29, 0.717) is 6.42 Å². The monoisotopic (exact) mass is 313 g/mol. The number of carbonyl (C=O) groups excluding carboxylic acids is 1. The summed E-state index contributed by atoms with van der Waals surface area (Å²) >= 11 is 1.98. The summed E-state index contributed by atoms with van der Waals surface area (Å²) in [5, 5.41) is 1.17. The predicted molar refractivity (Wildman–Crippen MR) is 68.6 cm³/mol. The molecule has 0 saturated heterocycles. The Morgan fingerprint density at radius 3 is 3.00 bits per heavy atom. The summed E-state index contributed by atoms with van der Waals surface area (Å²) < 4.78 is 2.89. The Kier molecular flexibility index (Phi) is 3.37. The molecule has 0 bridgehead atoms. The summed E-state index contributed by atoms with van der Waals surface area (Å²) in [5.74, 6) is 0. The van der Waals surface area contributed by atoms with Gasteiger partial charge >= 0.3 is 0 Å². The van der Waals surface area contributed by atoms with E-state index in [0.717, 1.165) is 11.1 Å². The van der Waals surface area contributed by atoms with Crippen LogP contribution in [0.4, 0.5) is 0 Å². The molecule has 0 fully saturated rings. The molecule has 2 N–H and O–H groups in total. The number of aromatic nitrogens is 1. The van der Waals surface area contributed by atoms with E-state index < -0.39 is 0 Å². The van der Waals surface area contributed by atoms with Crippen LogP contribution in [0, 0.1) is 0 Å². The summed E-state index contributed by atoms with van der Waals surface area (Å²) in [6, 6.07) is 7.82. The van der Waals surface area contributed by atoms with E-state index in [2.05, 4.69) is 14.6 Å². The Balaban J connectivity index is 2.32. The summed E-state index contributed by atoms with van der Waals surface area (Å²) in [7, 11) is 0. The molecule has 1 radical (unpaired) electrons. The highest BCUT2D eigenvalue weighted by Gasteiger charge is 2.10. The summed E-state index contributed by atoms with van der Waals surface area (Å²) in [6.45, 7) is 0. The van der Waals surface area contributed by atoms with E-state index in [4.69, 9.17) is 0 Å². The molecule has 0 spiro atoms. The van der Waals surface area contributed by atoms with Crippen molar-refractivity contribution in [3.63, 3.8) is 0 Å². The van der Waals surface area contributed by atoms with Crippen LogP contribution in [0.5, 0.6) is 0 Å². The Morgan fingerprint density at radius 2 is 2.27 bits per heavy atom. The molecule has 1 atom stereocenters. The van der Waals surface area contributed by atoms with Crippen LogP contribution in [0.15, 0.2) is 30.5 Å². The molecule has 4 heteroatoms. The molecule has 2 aromatic rings. The molecule has 77 valence electrons. The topological polar surface area (TPSA) is 44.9 Å². The van der Waals surface area contributed by atoms with Crippen molar-refractivity contribution in [2.75, 3.05) is 0 Å². The average molecular weight is 313 g/mol. The summed E-state index contributed by atoms with van der Waals surface area (Å²) in [6.07, 6.45) is 4.58. The van der Waals surface area contributed by atoms with Crippen LogP contribution >= 0.6 is 22.9 Å². The van der Waals surface area contributed by atoms with Crippen LogP contribution in [-0.2, 0) is 11.2 Å². The molecule has 1 heterocycles. The minimum atomic E-state index is -0.246. The first-order valence-corrected chi connectivity index (χ1v) is 5.72. The molecule has 0 saturated carbocycles. The first kappa shape index (κ1) is 10.6. The van der Waals surface area contributed by atoms with Gasteiger partial charge in [0.05, 0.1) is 6.04 Å². The first-order valence-electron chi connectivity index (χ1n) is 4.64. The fourth-order valence-corrected chi connectivity index (χ4v) is 1.97. The maximum Gasteiger partial charge on any atom is 0.217 e. The van der Waals surface area contributed by atoms with E-state index in [1.165, 1.54) is 5.39 Å². The van der Waals surface area contributed by atoms with Crippen molar-refractivity contribution >= 4 is 40.1 Å². The maximum absolute atomic E-state index is 10.6. The number of H-pyrrole nitrogens is 1. The standard InChI is InChI=1S/C11H10IN2O/c12-14-9(7-15)5-8-6-13-11-4-2-1-3-10(8)11/h1-4,6,9,13-14H,5H2/t9-/m0/s1. The van der Waals surface area contributed by atoms with Crippen LogP contribution in [-0.4, -0.2) is 17.3 Å². The van der Waals surface area contributed by atoms with Crippen molar-refractivity contribution in [3.05, 3.63) is 36.0 Å². The lowest BCUT2D eigenvalue weighted by Gasteiger charge is -2.04. The molecular formula is C11H10IN2O. The lowest BCUT2D eigenvalue weighted by Crippen LogP contribution is -2.24. The van der Waals surface area contributed by atoms with Gasteiger partial charge in [-0.15, -0.1) is 0 Å². The minimum absolute atomic E-state index is 0.246. The third kappa shape index (κ3) is 2.21. The Bertz CT molecular complexity index is 466. The highest BCUT2D eigenvalue weighted by Crippen LogP contribution is 2.18. The van der Waals surface area contributed by atoms with Gasteiger partial charge < -0.3 is 4.98 Å². The number of hydrogen-bond donors (Lipinski definition) is 2. The lowest BCUT2D eigenvalue weighted by molar-refractivity contribution is 0.538. The quantitative estimate of drug-likeness (QED) is 0.671. The second kappa shape index (κ2) is 4.76. The molecule has 3 nitrogen and oxygen atoms in total. The van der Waals surface area contributed by atoms with Crippen LogP contribution < -0.4 is 3.53 Å². The van der Waals surface area contributed by atoms with Crippen LogP contribution in [0.25, 0.3) is 10.9 Å². The Morgan fingerprint density at radius 1 is 1.47 bits per heavy atom. The number of rotatable bonds is 4. The third-order valence-corrected chi connectivity index (χ3v) is 3.12. The molecular weight excluding hydrogens is 303 g/mol. The second-order valence-electron chi connectivity index (χ2n) is 3.34. The minimum Gasteiger partial charge on any atom is -0.361 e. The molecule has 0 amide bonds. The normalized spacial score (nSPS) is 12.9. The van der Waals surface area contributed by atoms with Crippen molar-refractivity contribution in [3.8, 4) is 0 Å². The van der Waals surface area contributed by atoms with Crippen molar-refractivity contribution in [2.24, 2.45) is 0 Å². The van der Waals surface area contributed by atoms with Gasteiger partial charge in [0, 0.05) is 40.0 Å². The van der Waals surface area contributed by atoms with Gasteiger partial charge in [0.25, 0.3) is 0 Å². The molecule has 1 aromatic heterocycles. The van der Waals surface area contributed by atoms with Crippen molar-refractivity contribution < 1.29 is 4.79 Å². The van der Waals surface area contributed by atoms with Crippen LogP contribution in [0.1, 0.15) is 5.56 Å². The molecule has 15 heavy (non-hydrogen) atoms. The maximum atomic E-state index is 10.6. The van der Waals surface area contributed by atoms with Gasteiger partial charge in [0.2, 0.25) is 6.29 Å². The number of para-hydroxylation sites is 1. The summed E-state index contributed by atoms with van der Waals surface area (Å²) in [5.41, 5.74) is 2.24. The number of nitrogens with one attached hydrogen (secondary N) is 2. The molecule has 0 aliphatic rings. The third-order valence-electron chi connectivity index (χ3n) is 2.37. The largest absolute Gasteiger partial charge is 0.361 e. The molecule has 0 aliphatic carbocycles. The fourth-order valence-electron chi connectivity index (χ4n) is 1.62. The second-order valence-corrected chi connectivity index (χ2v) is 3.97. The Hall–Kier alpha value is -0.880. The molecule has 2 rings (SSSR count). The van der Waals surface area contributed by atoms with E-state index in [-0.39, 0.29) is 6.04 Å². The fraction of sp³-hybridized carbons (Fsp3) is 0.182. The first-order chi connectivity index (χ1) is 7.35. The van der Waals surface area contributed by atoms with Gasteiger partial charge in [0.1, 0.15) is 0 Å². The zero-order valence-electron chi connectivity index (χ0n) is 7.96. The highest BCUT2D eigenvalue weighted by atomic mass is 127. The summed E-state index contributed by atoms with van der Waals surface area (Å²) in [4.78, 5) is 13.8. The lowest BCUT2D eigenvalue weighted by atomic mass is 10.1. The Labute approximate surface area is 102 Å². The molecule has 1 aromatic carbocycles. The van der Waals surface area contributed by atoms with Crippen LogP contribution in [0.2, 0.25) is 0 Å². The number of aromatic amines is 1. The van der Waals surface area contributed by atoms with Gasteiger partial charge in [-0.05, 0) is 18.1 Å². The van der Waals surface area contributed by atoms with E-state index >= 15 is 0 Å². The zero-order valence-corrected chi connectivity index (χ0v) is 10.1. The predicted octanol–water partition coefficient (Wildman–Crippen LogP) is 2.13. The van der Waals surface area contributed by atoms with Gasteiger partial charge in [-0.3, -0.25) is 4.79 Å². The number of hydrogen-bond acceptors (Lipinski definition) is 2. The van der Waals surface area contributed by atoms with Gasteiger partial charge in [-0.25, -0.2) is 3.53 Å². The van der Waals surface area contributed by atoms with Crippen molar-refractivity contribution in [2.45, 2.75) is 12.5 Å². The smallest absolute Gasteiger partial charge is 0.217 e. The SMILES string of the molecule is O=[C][C@H](Cc1c[nH]c2ccccc12)NI. The number of benzene rings is 1. The van der Waals surface area contributed by atoms with Gasteiger partial charge in [-0.2, -0.15) is 0 Å². The number of halogens is 1. The molecule has 0 unspecified atom stereocenters. The van der Waals surface area contributed by atoms with E-state index in [1.54, 1.807) is 0 Å². The van der Waals surface area contributed by atoms with Gasteiger partial charge in [0.15, 0.2) is 0 Å². The average Bonchev–Trinajstić information content (AvgIpc) is 2.69. The highest BCUT2D eigenvalue weighted by molar-refractivity contribution is 14.1. The van der Waals surface area contributed by atoms with E-state index in [1.807, 2.05) is 53.5 Å². The van der Waals surface area contributed by atoms with E-state index in [9.17, 15) is 4.79 Å². The number of fused-ring (bicyclic) bond motifs is 1. The van der Waals surface area contributed by atoms with Crippen molar-refractivity contribution in [1.82, 2.24) is 8.51 Å². The molecule has 0 aliphatic heterocycles. The van der Waals surface area contributed by atoms with Gasteiger partial charge in [-0.1, -0.05) is 18.2 Å². The zero-order chi connectivity index (χ0) is 10.7. The van der Waals surface area contributed by atoms with Crippen LogP contribution in [0.3, 0.4) is 0 Å².